The SMILES string of the molecule is CC(CNC(C)C)CN1CCCC(C)(O)CC1. The second-order valence-electron chi connectivity index (χ2n) is 6.32. The molecule has 0 aromatic carbocycles. The Morgan fingerprint density at radius 3 is 2.59 bits per heavy atom. The van der Waals surface area contributed by atoms with Crippen LogP contribution in [-0.2, 0) is 0 Å². The lowest BCUT2D eigenvalue weighted by Crippen LogP contribution is -2.36. The molecule has 1 heterocycles. The Morgan fingerprint density at radius 1 is 1.24 bits per heavy atom. The second kappa shape index (κ2) is 6.72. The van der Waals surface area contributed by atoms with E-state index in [1.807, 2.05) is 6.92 Å². The summed E-state index contributed by atoms with van der Waals surface area (Å²) < 4.78 is 0. The van der Waals surface area contributed by atoms with Crippen molar-refractivity contribution in [3.8, 4) is 0 Å². The van der Waals surface area contributed by atoms with Gasteiger partial charge in [-0.05, 0) is 45.2 Å². The molecule has 2 unspecified atom stereocenters. The maximum Gasteiger partial charge on any atom is 0.0632 e. The van der Waals surface area contributed by atoms with Crippen molar-refractivity contribution in [3.05, 3.63) is 0 Å². The van der Waals surface area contributed by atoms with E-state index in [1.54, 1.807) is 0 Å². The topological polar surface area (TPSA) is 35.5 Å². The molecule has 0 bridgehead atoms. The highest BCUT2D eigenvalue weighted by molar-refractivity contribution is 4.79. The van der Waals surface area contributed by atoms with Crippen molar-refractivity contribution >= 4 is 0 Å². The van der Waals surface area contributed by atoms with Crippen LogP contribution in [0, 0.1) is 5.92 Å². The molecule has 0 saturated carbocycles. The first-order valence-electron chi connectivity index (χ1n) is 7.07. The van der Waals surface area contributed by atoms with E-state index in [0.717, 1.165) is 45.4 Å². The fraction of sp³-hybridized carbons (Fsp3) is 1.00. The van der Waals surface area contributed by atoms with Crippen molar-refractivity contribution in [2.24, 2.45) is 5.92 Å². The molecule has 1 aliphatic heterocycles. The summed E-state index contributed by atoms with van der Waals surface area (Å²) in [4.78, 5) is 2.51. The summed E-state index contributed by atoms with van der Waals surface area (Å²) in [7, 11) is 0. The Balaban J connectivity index is 2.26. The molecule has 1 rings (SSSR count). The number of hydrogen-bond donors (Lipinski definition) is 2. The molecule has 0 aromatic heterocycles. The lowest BCUT2D eigenvalue weighted by molar-refractivity contribution is 0.0442. The minimum Gasteiger partial charge on any atom is -0.390 e. The highest BCUT2D eigenvalue weighted by Crippen LogP contribution is 2.21. The summed E-state index contributed by atoms with van der Waals surface area (Å²) in [5.41, 5.74) is -0.436. The van der Waals surface area contributed by atoms with E-state index in [2.05, 4.69) is 31.0 Å². The molecular weight excluding hydrogens is 212 g/mol. The molecule has 102 valence electrons. The number of hydrogen-bond acceptors (Lipinski definition) is 3. The molecule has 0 aromatic rings. The van der Waals surface area contributed by atoms with Crippen LogP contribution >= 0.6 is 0 Å². The zero-order valence-corrected chi connectivity index (χ0v) is 12.0. The Labute approximate surface area is 107 Å². The van der Waals surface area contributed by atoms with Gasteiger partial charge < -0.3 is 15.3 Å². The molecule has 0 amide bonds. The number of nitrogens with zero attached hydrogens (tertiary/aromatic N) is 1. The van der Waals surface area contributed by atoms with Crippen LogP contribution in [0.25, 0.3) is 0 Å². The van der Waals surface area contributed by atoms with Crippen LogP contribution in [0.15, 0.2) is 0 Å². The molecule has 1 aliphatic rings. The number of nitrogens with one attached hydrogen (secondary N) is 1. The predicted molar refractivity (Wildman–Crippen MR) is 73.2 cm³/mol. The van der Waals surface area contributed by atoms with Gasteiger partial charge in [0.1, 0.15) is 0 Å². The van der Waals surface area contributed by atoms with Crippen LogP contribution in [0.1, 0.15) is 47.0 Å². The molecule has 1 fully saturated rings. The minimum atomic E-state index is -0.436. The molecule has 3 heteroatoms. The van der Waals surface area contributed by atoms with Gasteiger partial charge in [-0.1, -0.05) is 20.8 Å². The van der Waals surface area contributed by atoms with Gasteiger partial charge in [-0.15, -0.1) is 0 Å². The first-order chi connectivity index (χ1) is 7.89. The fourth-order valence-electron chi connectivity index (χ4n) is 2.44. The third kappa shape index (κ3) is 6.39. The fourth-order valence-corrected chi connectivity index (χ4v) is 2.44. The Hall–Kier alpha value is -0.120. The van der Waals surface area contributed by atoms with E-state index in [1.165, 1.54) is 0 Å². The molecule has 0 spiro atoms. The summed E-state index contributed by atoms with van der Waals surface area (Å²) in [6.07, 6.45) is 2.98. The Kier molecular flexibility index (Phi) is 5.90. The quantitative estimate of drug-likeness (QED) is 0.772. The Bertz CT molecular complexity index is 216. The van der Waals surface area contributed by atoms with Gasteiger partial charge in [0.25, 0.3) is 0 Å². The Morgan fingerprint density at radius 2 is 1.94 bits per heavy atom. The maximum atomic E-state index is 10.0. The molecule has 0 aliphatic carbocycles. The van der Waals surface area contributed by atoms with Crippen LogP contribution in [-0.4, -0.2) is 47.8 Å². The van der Waals surface area contributed by atoms with Crippen molar-refractivity contribution < 1.29 is 5.11 Å². The molecule has 0 radical (unpaired) electrons. The van der Waals surface area contributed by atoms with Crippen LogP contribution < -0.4 is 5.32 Å². The largest absolute Gasteiger partial charge is 0.390 e. The van der Waals surface area contributed by atoms with Crippen molar-refractivity contribution in [2.45, 2.75) is 58.6 Å². The average Bonchev–Trinajstić information content (AvgIpc) is 2.37. The van der Waals surface area contributed by atoms with Crippen molar-refractivity contribution in [1.29, 1.82) is 0 Å². The van der Waals surface area contributed by atoms with Gasteiger partial charge in [0.05, 0.1) is 5.60 Å². The zero-order valence-electron chi connectivity index (χ0n) is 12.0. The minimum absolute atomic E-state index is 0.436. The van der Waals surface area contributed by atoms with E-state index >= 15 is 0 Å². The van der Waals surface area contributed by atoms with Gasteiger partial charge in [-0.2, -0.15) is 0 Å². The molecule has 2 atom stereocenters. The van der Waals surface area contributed by atoms with Crippen molar-refractivity contribution in [2.75, 3.05) is 26.2 Å². The van der Waals surface area contributed by atoms with Gasteiger partial charge >= 0.3 is 0 Å². The van der Waals surface area contributed by atoms with Gasteiger partial charge in [0.15, 0.2) is 0 Å². The van der Waals surface area contributed by atoms with E-state index in [4.69, 9.17) is 0 Å². The number of rotatable bonds is 5. The summed E-state index contributed by atoms with van der Waals surface area (Å²) >= 11 is 0. The van der Waals surface area contributed by atoms with Gasteiger partial charge in [-0.3, -0.25) is 0 Å². The summed E-state index contributed by atoms with van der Waals surface area (Å²) in [6.45, 7) is 13.1. The van der Waals surface area contributed by atoms with Crippen LogP contribution in [0.2, 0.25) is 0 Å². The van der Waals surface area contributed by atoms with E-state index in [0.29, 0.717) is 12.0 Å². The van der Waals surface area contributed by atoms with Crippen molar-refractivity contribution in [1.82, 2.24) is 10.2 Å². The van der Waals surface area contributed by atoms with Crippen LogP contribution in [0.4, 0.5) is 0 Å². The monoisotopic (exact) mass is 242 g/mol. The van der Waals surface area contributed by atoms with Crippen LogP contribution in [0.3, 0.4) is 0 Å². The highest BCUT2D eigenvalue weighted by atomic mass is 16.3. The standard InChI is InChI=1S/C14H30N2O/c1-12(2)15-10-13(3)11-16-8-5-6-14(4,17)7-9-16/h12-13,15,17H,5-11H2,1-4H3. The predicted octanol–water partition coefficient (Wildman–Crippen LogP) is 1.86. The second-order valence-corrected chi connectivity index (χ2v) is 6.32. The molecule has 17 heavy (non-hydrogen) atoms. The molecular formula is C14H30N2O. The third-order valence-corrected chi connectivity index (χ3v) is 3.60. The zero-order chi connectivity index (χ0) is 12.9. The lowest BCUT2D eigenvalue weighted by Gasteiger charge is -2.25. The first kappa shape index (κ1) is 14.9. The van der Waals surface area contributed by atoms with Gasteiger partial charge in [0, 0.05) is 19.1 Å². The molecule has 3 nitrogen and oxygen atoms in total. The van der Waals surface area contributed by atoms with Gasteiger partial charge in [0.2, 0.25) is 0 Å². The van der Waals surface area contributed by atoms with E-state index < -0.39 is 5.60 Å². The van der Waals surface area contributed by atoms with Gasteiger partial charge in [-0.25, -0.2) is 0 Å². The van der Waals surface area contributed by atoms with Crippen molar-refractivity contribution in [3.63, 3.8) is 0 Å². The summed E-state index contributed by atoms with van der Waals surface area (Å²) in [5, 5.41) is 13.5. The summed E-state index contributed by atoms with van der Waals surface area (Å²) in [6, 6.07) is 0.572. The summed E-state index contributed by atoms with van der Waals surface area (Å²) in [5.74, 6) is 0.681. The lowest BCUT2D eigenvalue weighted by atomic mass is 9.98. The maximum absolute atomic E-state index is 10.0. The first-order valence-corrected chi connectivity index (χ1v) is 7.07. The average molecular weight is 242 g/mol. The number of likely N-dealkylation sites (tertiary alicyclic amines) is 1. The molecule has 1 saturated heterocycles. The third-order valence-electron chi connectivity index (χ3n) is 3.60. The molecule has 2 N–H and O–H groups in total. The smallest absolute Gasteiger partial charge is 0.0632 e. The van der Waals surface area contributed by atoms with E-state index in [9.17, 15) is 5.11 Å². The number of aliphatic hydroxyl groups is 1. The highest BCUT2D eigenvalue weighted by Gasteiger charge is 2.25. The van der Waals surface area contributed by atoms with Crippen LogP contribution in [0.5, 0.6) is 0 Å². The normalized spacial score (nSPS) is 29.3. The van der Waals surface area contributed by atoms with E-state index in [-0.39, 0.29) is 0 Å².